The molecule has 2 aromatic heterocycles. The summed E-state index contributed by atoms with van der Waals surface area (Å²) in [4.78, 5) is 0.983. The number of aromatic nitrogens is 4. The Bertz CT molecular complexity index is 445. The molecule has 0 saturated heterocycles. The molecule has 1 N–H and O–H groups in total. The summed E-state index contributed by atoms with van der Waals surface area (Å²) in [5.74, 6) is 0. The Hall–Kier alpha value is -0.960. The van der Waals surface area contributed by atoms with Crippen LogP contribution in [0.3, 0.4) is 0 Å². The average molecular weight is 285 g/mol. The summed E-state index contributed by atoms with van der Waals surface area (Å²) in [6, 6.07) is 0. The summed E-state index contributed by atoms with van der Waals surface area (Å²) >= 11 is 2.96. The van der Waals surface area contributed by atoms with Crippen molar-refractivity contribution >= 4 is 22.9 Å². The van der Waals surface area contributed by atoms with Gasteiger partial charge in [0.2, 0.25) is 0 Å². The highest BCUT2D eigenvalue weighted by atomic mass is 32.1. The van der Waals surface area contributed by atoms with Gasteiger partial charge in [-0.15, -0.1) is 15.3 Å². The minimum Gasteiger partial charge on any atom is -0.383 e. The van der Waals surface area contributed by atoms with E-state index in [1.165, 1.54) is 11.5 Å². The first-order valence-corrected chi connectivity index (χ1v) is 7.29. The molecular formula is C10H15N5OS2. The average Bonchev–Trinajstić information content (AvgIpc) is 3.03. The van der Waals surface area contributed by atoms with Crippen molar-refractivity contribution in [2.24, 2.45) is 0 Å². The van der Waals surface area contributed by atoms with E-state index in [0.29, 0.717) is 0 Å². The van der Waals surface area contributed by atoms with Gasteiger partial charge in [-0.25, -0.2) is 0 Å². The maximum atomic E-state index is 4.96. The molecule has 2 aromatic rings. The van der Waals surface area contributed by atoms with Crippen molar-refractivity contribution in [1.82, 2.24) is 25.1 Å². The predicted molar refractivity (Wildman–Crippen MR) is 71.9 cm³/mol. The smallest absolute Gasteiger partial charge is 0.161 e. The van der Waals surface area contributed by atoms with Gasteiger partial charge >= 0.3 is 0 Å². The van der Waals surface area contributed by atoms with Gasteiger partial charge in [0, 0.05) is 20.1 Å². The van der Waals surface area contributed by atoms with Crippen LogP contribution in [0.15, 0.2) is 6.20 Å². The van der Waals surface area contributed by atoms with E-state index in [0.717, 1.165) is 47.4 Å². The van der Waals surface area contributed by atoms with E-state index in [2.05, 4.69) is 25.1 Å². The molecule has 6 nitrogen and oxygen atoms in total. The third kappa shape index (κ3) is 4.05. The predicted octanol–water partition coefficient (Wildman–Crippen LogP) is 1.23. The van der Waals surface area contributed by atoms with Crippen LogP contribution in [0.4, 0.5) is 0 Å². The van der Waals surface area contributed by atoms with Crippen LogP contribution < -0.4 is 5.32 Å². The summed E-state index contributed by atoms with van der Waals surface area (Å²) in [5, 5.41) is 17.4. The molecule has 0 aliphatic rings. The minimum absolute atomic E-state index is 0.751. The lowest BCUT2D eigenvalue weighted by atomic mass is 10.3. The van der Waals surface area contributed by atoms with Crippen molar-refractivity contribution in [1.29, 1.82) is 0 Å². The number of methoxy groups -OCH3 is 1. The Labute approximate surface area is 114 Å². The molecule has 0 spiro atoms. The highest BCUT2D eigenvalue weighted by Gasteiger charge is 2.08. The van der Waals surface area contributed by atoms with Gasteiger partial charge < -0.3 is 10.1 Å². The van der Waals surface area contributed by atoms with Crippen LogP contribution in [-0.4, -0.2) is 46.6 Å². The lowest BCUT2D eigenvalue weighted by molar-refractivity contribution is 0.199. The molecule has 0 atom stereocenters. The fourth-order valence-corrected chi connectivity index (χ4v) is 2.80. The molecule has 0 aliphatic carbocycles. The number of nitrogens with zero attached hydrogens (tertiary/aromatic N) is 4. The van der Waals surface area contributed by atoms with E-state index in [1.807, 2.05) is 0 Å². The van der Waals surface area contributed by atoms with Crippen LogP contribution in [0.1, 0.15) is 11.4 Å². The molecule has 0 amide bonds. The van der Waals surface area contributed by atoms with Gasteiger partial charge in [-0.2, -0.15) is 0 Å². The zero-order valence-corrected chi connectivity index (χ0v) is 11.8. The van der Waals surface area contributed by atoms with Crippen LogP contribution in [0.2, 0.25) is 0 Å². The quantitative estimate of drug-likeness (QED) is 0.735. The summed E-state index contributed by atoms with van der Waals surface area (Å²) in [6.07, 6.45) is 3.73. The topological polar surface area (TPSA) is 72.8 Å². The maximum absolute atomic E-state index is 4.96. The van der Waals surface area contributed by atoms with Gasteiger partial charge in [0.25, 0.3) is 0 Å². The maximum Gasteiger partial charge on any atom is 0.161 e. The zero-order valence-electron chi connectivity index (χ0n) is 10.1. The van der Waals surface area contributed by atoms with Gasteiger partial charge in [-0.3, -0.25) is 0 Å². The van der Waals surface area contributed by atoms with E-state index in [4.69, 9.17) is 4.74 Å². The van der Waals surface area contributed by atoms with Crippen molar-refractivity contribution in [2.45, 2.75) is 12.8 Å². The minimum atomic E-state index is 0.751. The summed E-state index contributed by atoms with van der Waals surface area (Å²) in [7, 11) is 1.71. The molecule has 2 heterocycles. The van der Waals surface area contributed by atoms with E-state index < -0.39 is 0 Å². The molecule has 0 bridgehead atoms. The standard InChI is InChI=1S/C10H15N5OS2/c1-16-6-5-11-4-2-3-9-13-14-10(17-9)8-7-12-15-18-8/h7,11H,2-6H2,1H3. The van der Waals surface area contributed by atoms with Crippen molar-refractivity contribution in [3.05, 3.63) is 11.2 Å². The molecule has 0 saturated carbocycles. The van der Waals surface area contributed by atoms with Gasteiger partial charge in [-0.05, 0) is 24.5 Å². The normalized spacial score (nSPS) is 10.9. The lowest BCUT2D eigenvalue weighted by Crippen LogP contribution is -2.20. The fourth-order valence-electron chi connectivity index (χ4n) is 1.38. The molecule has 2 rings (SSSR count). The van der Waals surface area contributed by atoms with Gasteiger partial charge in [0.1, 0.15) is 9.88 Å². The Morgan fingerprint density at radius 1 is 1.33 bits per heavy atom. The molecule has 0 radical (unpaired) electrons. The molecule has 18 heavy (non-hydrogen) atoms. The second-order valence-electron chi connectivity index (χ2n) is 3.63. The second kappa shape index (κ2) is 7.47. The van der Waals surface area contributed by atoms with Crippen molar-refractivity contribution in [3.8, 4) is 9.88 Å². The Morgan fingerprint density at radius 3 is 3.06 bits per heavy atom. The largest absolute Gasteiger partial charge is 0.383 e. The molecule has 0 aromatic carbocycles. The Balaban J connectivity index is 1.71. The number of nitrogens with one attached hydrogen (secondary N) is 1. The summed E-state index contributed by atoms with van der Waals surface area (Å²) in [5.41, 5.74) is 0. The van der Waals surface area contributed by atoms with Gasteiger partial charge in [0.05, 0.1) is 12.8 Å². The number of rotatable bonds is 8. The fraction of sp³-hybridized carbons (Fsp3) is 0.600. The highest BCUT2D eigenvalue weighted by molar-refractivity contribution is 7.19. The number of hydrogen-bond acceptors (Lipinski definition) is 8. The van der Waals surface area contributed by atoms with E-state index in [-0.39, 0.29) is 0 Å². The monoisotopic (exact) mass is 285 g/mol. The van der Waals surface area contributed by atoms with Crippen LogP contribution in [-0.2, 0) is 11.2 Å². The van der Waals surface area contributed by atoms with Crippen molar-refractivity contribution < 1.29 is 4.74 Å². The first-order chi connectivity index (χ1) is 8.90. The number of ether oxygens (including phenoxy) is 1. The van der Waals surface area contributed by atoms with E-state index in [1.54, 1.807) is 24.6 Å². The molecule has 0 aliphatic heterocycles. The Kier molecular flexibility index (Phi) is 5.59. The Morgan fingerprint density at radius 2 is 2.28 bits per heavy atom. The summed E-state index contributed by atoms with van der Waals surface area (Å²) < 4.78 is 8.78. The van der Waals surface area contributed by atoms with Crippen LogP contribution >= 0.6 is 22.9 Å². The van der Waals surface area contributed by atoms with Crippen molar-refractivity contribution in [3.63, 3.8) is 0 Å². The van der Waals surface area contributed by atoms with E-state index >= 15 is 0 Å². The molecular weight excluding hydrogens is 270 g/mol. The van der Waals surface area contributed by atoms with Gasteiger partial charge in [-0.1, -0.05) is 15.8 Å². The number of hydrogen-bond donors (Lipinski definition) is 1. The van der Waals surface area contributed by atoms with Crippen LogP contribution in [0, 0.1) is 0 Å². The molecule has 0 fully saturated rings. The first-order valence-electron chi connectivity index (χ1n) is 5.70. The highest BCUT2D eigenvalue weighted by Crippen LogP contribution is 2.25. The van der Waals surface area contributed by atoms with Gasteiger partial charge in [0.15, 0.2) is 5.01 Å². The summed E-state index contributed by atoms with van der Waals surface area (Å²) in [6.45, 7) is 2.62. The second-order valence-corrected chi connectivity index (χ2v) is 5.48. The zero-order chi connectivity index (χ0) is 12.6. The number of aryl methyl sites for hydroxylation is 1. The van der Waals surface area contributed by atoms with E-state index in [9.17, 15) is 0 Å². The third-order valence-corrected chi connectivity index (χ3v) is 4.08. The van der Waals surface area contributed by atoms with Crippen LogP contribution in [0.25, 0.3) is 9.88 Å². The molecule has 98 valence electrons. The third-order valence-electron chi connectivity index (χ3n) is 2.27. The lowest BCUT2D eigenvalue weighted by Gasteiger charge is -2.01. The van der Waals surface area contributed by atoms with Crippen LogP contribution in [0.5, 0.6) is 0 Å². The first kappa shape index (κ1) is 13.5. The molecule has 8 heteroatoms. The SMILES string of the molecule is COCCNCCCc1nnc(-c2cnns2)s1. The van der Waals surface area contributed by atoms with Crippen molar-refractivity contribution in [2.75, 3.05) is 26.8 Å². The molecule has 0 unspecified atom stereocenters.